The lowest BCUT2D eigenvalue weighted by Crippen LogP contribution is -2.56. The molecular formula is C12H19NO2. The van der Waals surface area contributed by atoms with E-state index in [1.807, 2.05) is 0 Å². The zero-order chi connectivity index (χ0) is 10.9. The largest absolute Gasteiger partial charge is 0.396 e. The van der Waals surface area contributed by atoms with Crippen molar-refractivity contribution in [3.8, 4) is 0 Å². The van der Waals surface area contributed by atoms with Crippen LogP contribution >= 0.6 is 0 Å². The third kappa shape index (κ3) is 1.81. The second-order valence-corrected chi connectivity index (χ2v) is 5.29. The molecule has 0 aromatic heterocycles. The average molecular weight is 209 g/mol. The first-order valence-corrected chi connectivity index (χ1v) is 5.65. The summed E-state index contributed by atoms with van der Waals surface area (Å²) in [5, 5.41) is 12.2. The number of amides is 1. The molecule has 3 heteroatoms. The van der Waals surface area contributed by atoms with Crippen LogP contribution in [0.4, 0.5) is 0 Å². The maximum atomic E-state index is 11.0. The van der Waals surface area contributed by atoms with Crippen molar-refractivity contribution >= 4 is 5.91 Å². The summed E-state index contributed by atoms with van der Waals surface area (Å²) >= 11 is 0. The molecule has 3 nitrogen and oxygen atoms in total. The molecule has 2 fully saturated rings. The first kappa shape index (κ1) is 10.7. The molecule has 2 rings (SSSR count). The molecule has 0 aliphatic heterocycles. The van der Waals surface area contributed by atoms with Gasteiger partial charge in [0.15, 0.2) is 0 Å². The van der Waals surface area contributed by atoms with Gasteiger partial charge in [-0.3, -0.25) is 4.79 Å². The van der Waals surface area contributed by atoms with E-state index in [0.29, 0.717) is 12.0 Å². The number of hydrogen-bond donors (Lipinski definition) is 2. The van der Waals surface area contributed by atoms with Crippen molar-refractivity contribution in [3.63, 3.8) is 0 Å². The highest BCUT2D eigenvalue weighted by Crippen LogP contribution is 2.63. The van der Waals surface area contributed by atoms with Crippen LogP contribution in [0.3, 0.4) is 0 Å². The third-order valence-corrected chi connectivity index (χ3v) is 4.07. The summed E-state index contributed by atoms with van der Waals surface area (Å²) in [7, 11) is 0. The van der Waals surface area contributed by atoms with Gasteiger partial charge in [-0.25, -0.2) is 0 Å². The fourth-order valence-corrected chi connectivity index (χ4v) is 3.21. The summed E-state index contributed by atoms with van der Waals surface area (Å²) in [6.07, 6.45) is 7.39. The van der Waals surface area contributed by atoms with E-state index >= 15 is 0 Å². The molecule has 0 atom stereocenters. The van der Waals surface area contributed by atoms with E-state index in [9.17, 15) is 9.90 Å². The van der Waals surface area contributed by atoms with Crippen molar-refractivity contribution in [2.24, 2.45) is 10.8 Å². The normalized spacial score (nSPS) is 25.1. The maximum absolute atomic E-state index is 11.0. The number of rotatable bonds is 4. The van der Waals surface area contributed by atoms with Gasteiger partial charge in [0.2, 0.25) is 5.91 Å². The molecule has 0 bridgehead atoms. The molecule has 1 amide bonds. The topological polar surface area (TPSA) is 49.3 Å². The van der Waals surface area contributed by atoms with Crippen LogP contribution in [0, 0.1) is 10.8 Å². The van der Waals surface area contributed by atoms with Crippen molar-refractivity contribution < 1.29 is 9.90 Å². The first-order chi connectivity index (χ1) is 7.14. The fraction of sp³-hybridized carbons (Fsp3) is 0.750. The first-order valence-electron chi connectivity index (χ1n) is 5.65. The van der Waals surface area contributed by atoms with E-state index in [0.717, 1.165) is 12.8 Å². The number of nitrogens with one attached hydrogen (secondary N) is 1. The molecule has 0 aromatic carbocycles. The van der Waals surface area contributed by atoms with Crippen molar-refractivity contribution in [2.75, 3.05) is 13.2 Å². The van der Waals surface area contributed by atoms with Gasteiger partial charge in [-0.1, -0.05) is 13.0 Å². The Hall–Kier alpha value is -0.830. The van der Waals surface area contributed by atoms with E-state index < -0.39 is 0 Å². The van der Waals surface area contributed by atoms with Gasteiger partial charge in [0.1, 0.15) is 0 Å². The molecule has 0 heterocycles. The van der Waals surface area contributed by atoms with Crippen molar-refractivity contribution in [2.45, 2.75) is 32.1 Å². The Morgan fingerprint density at radius 2 is 2.13 bits per heavy atom. The standard InChI is InChI=1S/C12H19NO2/c1-2-10(15)13-8-12(9-14)6-11(7-12)4-3-5-11/h2,14H,1,3-9H2,(H,13,15). The number of aliphatic hydroxyl groups excluding tert-OH is 1. The summed E-state index contributed by atoms with van der Waals surface area (Å²) < 4.78 is 0. The van der Waals surface area contributed by atoms with Gasteiger partial charge in [-0.2, -0.15) is 0 Å². The highest BCUT2D eigenvalue weighted by molar-refractivity contribution is 5.86. The van der Waals surface area contributed by atoms with Crippen LogP contribution in [0.5, 0.6) is 0 Å². The van der Waals surface area contributed by atoms with Crippen LogP contribution in [0.1, 0.15) is 32.1 Å². The highest BCUT2D eigenvalue weighted by Gasteiger charge is 2.56. The van der Waals surface area contributed by atoms with Gasteiger partial charge >= 0.3 is 0 Å². The zero-order valence-corrected chi connectivity index (χ0v) is 9.09. The molecule has 1 spiro atoms. The minimum Gasteiger partial charge on any atom is -0.396 e. The van der Waals surface area contributed by atoms with Crippen molar-refractivity contribution in [1.29, 1.82) is 0 Å². The average Bonchev–Trinajstić information content (AvgIpc) is 2.14. The molecule has 0 saturated heterocycles. The van der Waals surface area contributed by atoms with E-state index in [-0.39, 0.29) is 17.9 Å². The molecule has 0 radical (unpaired) electrons. The zero-order valence-electron chi connectivity index (χ0n) is 9.09. The van der Waals surface area contributed by atoms with E-state index in [1.165, 1.54) is 25.3 Å². The molecule has 84 valence electrons. The van der Waals surface area contributed by atoms with E-state index in [2.05, 4.69) is 11.9 Å². The maximum Gasteiger partial charge on any atom is 0.243 e. The Morgan fingerprint density at radius 3 is 2.53 bits per heavy atom. The van der Waals surface area contributed by atoms with Gasteiger partial charge in [0.25, 0.3) is 0 Å². The Labute approximate surface area is 90.6 Å². The molecule has 0 aromatic rings. The third-order valence-electron chi connectivity index (χ3n) is 4.07. The summed E-state index contributed by atoms with van der Waals surface area (Å²) in [6.45, 7) is 4.19. The van der Waals surface area contributed by atoms with Crippen LogP contribution in [0.25, 0.3) is 0 Å². The second kappa shape index (κ2) is 3.63. The highest BCUT2D eigenvalue weighted by atomic mass is 16.3. The molecule has 2 aliphatic carbocycles. The Morgan fingerprint density at radius 1 is 1.47 bits per heavy atom. The smallest absolute Gasteiger partial charge is 0.243 e. The molecule has 2 saturated carbocycles. The number of hydrogen-bond acceptors (Lipinski definition) is 2. The minimum atomic E-state index is -0.141. The quantitative estimate of drug-likeness (QED) is 0.684. The minimum absolute atomic E-state index is 0.0426. The SMILES string of the molecule is C=CC(=O)NCC1(CO)CC2(CCC2)C1. The van der Waals surface area contributed by atoms with Crippen LogP contribution in [-0.4, -0.2) is 24.2 Å². The molecule has 2 aliphatic rings. The Bertz CT molecular complexity index is 273. The van der Waals surface area contributed by atoms with Crippen LogP contribution < -0.4 is 5.32 Å². The monoisotopic (exact) mass is 209 g/mol. The molecule has 0 unspecified atom stereocenters. The summed E-state index contributed by atoms with van der Waals surface area (Å²) in [5.74, 6) is -0.141. The van der Waals surface area contributed by atoms with Crippen LogP contribution in [0.15, 0.2) is 12.7 Å². The van der Waals surface area contributed by atoms with Gasteiger partial charge in [0, 0.05) is 12.0 Å². The predicted octanol–water partition coefficient (Wildman–Crippen LogP) is 1.23. The summed E-state index contributed by atoms with van der Waals surface area (Å²) in [6, 6.07) is 0. The Balaban J connectivity index is 1.83. The van der Waals surface area contributed by atoms with Crippen LogP contribution in [-0.2, 0) is 4.79 Å². The molecule has 15 heavy (non-hydrogen) atoms. The van der Waals surface area contributed by atoms with Crippen molar-refractivity contribution in [3.05, 3.63) is 12.7 Å². The Kier molecular flexibility index (Phi) is 2.59. The van der Waals surface area contributed by atoms with E-state index in [1.54, 1.807) is 0 Å². The lowest BCUT2D eigenvalue weighted by molar-refractivity contribution is -0.129. The van der Waals surface area contributed by atoms with Gasteiger partial charge in [0.05, 0.1) is 6.61 Å². The lowest BCUT2D eigenvalue weighted by Gasteiger charge is -2.60. The van der Waals surface area contributed by atoms with Gasteiger partial charge in [-0.05, 0) is 37.2 Å². The molecular weight excluding hydrogens is 190 g/mol. The van der Waals surface area contributed by atoms with Crippen LogP contribution in [0.2, 0.25) is 0 Å². The summed E-state index contributed by atoms with van der Waals surface area (Å²) in [4.78, 5) is 11.0. The van der Waals surface area contributed by atoms with Gasteiger partial charge in [-0.15, -0.1) is 0 Å². The summed E-state index contributed by atoms with van der Waals surface area (Å²) in [5.41, 5.74) is 0.487. The van der Waals surface area contributed by atoms with Gasteiger partial charge < -0.3 is 10.4 Å². The lowest BCUT2D eigenvalue weighted by atomic mass is 9.45. The number of aliphatic hydroxyl groups is 1. The predicted molar refractivity (Wildman–Crippen MR) is 58.2 cm³/mol. The number of carbonyl (C=O) groups excluding carboxylic acids is 1. The second-order valence-electron chi connectivity index (χ2n) is 5.29. The fourth-order valence-electron chi connectivity index (χ4n) is 3.21. The van der Waals surface area contributed by atoms with Crippen molar-refractivity contribution in [1.82, 2.24) is 5.32 Å². The van der Waals surface area contributed by atoms with E-state index in [4.69, 9.17) is 0 Å². The molecule has 2 N–H and O–H groups in total. The number of carbonyl (C=O) groups is 1.